The van der Waals surface area contributed by atoms with Crippen molar-refractivity contribution >= 4 is 51.4 Å². The fraction of sp³-hybridized carbons (Fsp3) is 0.182. The van der Waals surface area contributed by atoms with Gasteiger partial charge in [-0.05, 0) is 42.8 Å². The van der Waals surface area contributed by atoms with Crippen LogP contribution in [0.5, 0.6) is 0 Å². The van der Waals surface area contributed by atoms with Crippen molar-refractivity contribution in [2.45, 2.75) is 6.92 Å². The first-order chi connectivity index (χ1) is 13.9. The van der Waals surface area contributed by atoms with E-state index in [0.717, 1.165) is 27.5 Å². The van der Waals surface area contributed by atoms with Crippen LogP contribution >= 0.6 is 23.2 Å². The fourth-order valence-electron chi connectivity index (χ4n) is 3.66. The standard InChI is InChI=1S/C22H19Cl2N3O2/c1-4-29-25-12-13-5-8-20-16(9-13)17-11-18(15-7-6-14(23)10-19(15)24)22(28)27(3)21(17)26(20)2/h5-12H,4H2,1-3H3. The number of hydrogen-bond acceptors (Lipinski definition) is 3. The van der Waals surface area contributed by atoms with E-state index in [9.17, 15) is 4.79 Å². The molecule has 4 aromatic rings. The van der Waals surface area contributed by atoms with Crippen molar-refractivity contribution in [1.29, 1.82) is 0 Å². The van der Waals surface area contributed by atoms with Crippen LogP contribution in [0.4, 0.5) is 0 Å². The Morgan fingerprint density at radius 3 is 2.52 bits per heavy atom. The Bertz CT molecular complexity index is 1340. The second kappa shape index (κ2) is 7.58. The molecule has 0 saturated heterocycles. The van der Waals surface area contributed by atoms with Crippen molar-refractivity contribution in [3.63, 3.8) is 0 Å². The highest BCUT2D eigenvalue weighted by atomic mass is 35.5. The van der Waals surface area contributed by atoms with Gasteiger partial charge in [-0.25, -0.2) is 0 Å². The van der Waals surface area contributed by atoms with Crippen molar-refractivity contribution in [2.75, 3.05) is 6.61 Å². The van der Waals surface area contributed by atoms with E-state index < -0.39 is 0 Å². The van der Waals surface area contributed by atoms with Crippen LogP contribution in [0.3, 0.4) is 0 Å². The van der Waals surface area contributed by atoms with Crippen LogP contribution in [0.15, 0.2) is 52.4 Å². The topological polar surface area (TPSA) is 48.5 Å². The largest absolute Gasteiger partial charge is 0.396 e. The maximum atomic E-state index is 13.1. The predicted molar refractivity (Wildman–Crippen MR) is 120 cm³/mol. The maximum Gasteiger partial charge on any atom is 0.259 e. The van der Waals surface area contributed by atoms with Gasteiger partial charge >= 0.3 is 0 Å². The van der Waals surface area contributed by atoms with Crippen molar-refractivity contribution in [3.05, 3.63) is 68.4 Å². The number of oxime groups is 1. The Balaban J connectivity index is 2.03. The van der Waals surface area contributed by atoms with Crippen LogP contribution in [0.1, 0.15) is 12.5 Å². The quantitative estimate of drug-likeness (QED) is 0.324. The van der Waals surface area contributed by atoms with E-state index in [-0.39, 0.29) is 5.56 Å². The zero-order valence-electron chi connectivity index (χ0n) is 16.2. The minimum atomic E-state index is -0.120. The van der Waals surface area contributed by atoms with Crippen LogP contribution in [-0.2, 0) is 18.9 Å². The normalized spacial score (nSPS) is 11.8. The van der Waals surface area contributed by atoms with Gasteiger partial charge in [0.05, 0.1) is 16.8 Å². The first-order valence-corrected chi connectivity index (χ1v) is 9.91. The molecule has 7 heteroatoms. The van der Waals surface area contributed by atoms with Crippen molar-refractivity contribution in [1.82, 2.24) is 9.13 Å². The lowest BCUT2D eigenvalue weighted by Crippen LogP contribution is -2.20. The summed E-state index contributed by atoms with van der Waals surface area (Å²) in [5.41, 5.74) is 3.83. The average Bonchev–Trinajstić information content (AvgIpc) is 2.97. The highest BCUT2D eigenvalue weighted by molar-refractivity contribution is 6.36. The lowest BCUT2D eigenvalue weighted by molar-refractivity contribution is 0.160. The Morgan fingerprint density at radius 1 is 1.00 bits per heavy atom. The number of rotatable bonds is 4. The van der Waals surface area contributed by atoms with Gasteiger partial charge in [0.1, 0.15) is 12.3 Å². The molecular formula is C22H19Cl2N3O2. The van der Waals surface area contributed by atoms with Gasteiger partial charge in [-0.15, -0.1) is 0 Å². The van der Waals surface area contributed by atoms with Crippen molar-refractivity contribution < 1.29 is 4.84 Å². The summed E-state index contributed by atoms with van der Waals surface area (Å²) in [6, 6.07) is 13.1. The lowest BCUT2D eigenvalue weighted by Gasteiger charge is -2.09. The third kappa shape index (κ3) is 3.30. The Morgan fingerprint density at radius 2 is 1.79 bits per heavy atom. The van der Waals surface area contributed by atoms with Crippen LogP contribution in [0.2, 0.25) is 10.0 Å². The number of nitrogens with zero attached hydrogens (tertiary/aromatic N) is 3. The van der Waals surface area contributed by atoms with Gasteiger partial charge in [-0.1, -0.05) is 40.5 Å². The minimum absolute atomic E-state index is 0.120. The predicted octanol–water partition coefficient (Wildman–Crippen LogP) is 5.37. The second-order valence-corrected chi connectivity index (χ2v) is 7.62. The Labute approximate surface area is 177 Å². The first-order valence-electron chi connectivity index (χ1n) is 9.15. The summed E-state index contributed by atoms with van der Waals surface area (Å²) in [5.74, 6) is 0. The van der Waals surface area contributed by atoms with E-state index in [1.807, 2.05) is 42.8 Å². The van der Waals surface area contributed by atoms with Gasteiger partial charge in [-0.2, -0.15) is 0 Å². The van der Waals surface area contributed by atoms with Gasteiger partial charge in [0.15, 0.2) is 0 Å². The van der Waals surface area contributed by atoms with E-state index >= 15 is 0 Å². The molecule has 0 radical (unpaired) electrons. The Kier molecular flexibility index (Phi) is 5.11. The third-order valence-corrected chi connectivity index (χ3v) is 5.55. The molecule has 0 amide bonds. The number of aromatic nitrogens is 2. The number of benzene rings is 2. The molecule has 148 valence electrons. The molecule has 2 heterocycles. The van der Waals surface area contributed by atoms with Crippen molar-refractivity contribution in [3.8, 4) is 11.1 Å². The Hall–Kier alpha value is -2.76. The van der Waals surface area contributed by atoms with Crippen molar-refractivity contribution in [2.24, 2.45) is 19.3 Å². The van der Waals surface area contributed by atoms with E-state index in [1.54, 1.807) is 36.0 Å². The monoisotopic (exact) mass is 427 g/mol. The van der Waals surface area contributed by atoms with E-state index in [0.29, 0.717) is 27.8 Å². The van der Waals surface area contributed by atoms with Crippen LogP contribution in [0, 0.1) is 0 Å². The molecule has 0 aliphatic rings. The molecule has 2 aromatic carbocycles. The number of pyridine rings is 1. The molecule has 0 unspecified atom stereocenters. The average molecular weight is 428 g/mol. The molecule has 0 fully saturated rings. The zero-order valence-corrected chi connectivity index (χ0v) is 17.8. The maximum absolute atomic E-state index is 13.1. The second-order valence-electron chi connectivity index (χ2n) is 6.77. The first kappa shape index (κ1) is 19.6. The molecule has 29 heavy (non-hydrogen) atoms. The minimum Gasteiger partial charge on any atom is -0.396 e. The highest BCUT2D eigenvalue weighted by Crippen LogP contribution is 2.33. The molecule has 0 spiro atoms. The SMILES string of the molecule is CCON=Cc1ccc2c(c1)c1cc(-c3ccc(Cl)cc3Cl)c(=O)n(C)c1n2C. The molecule has 0 aliphatic carbocycles. The number of hydrogen-bond donors (Lipinski definition) is 0. The summed E-state index contributed by atoms with van der Waals surface area (Å²) in [6.45, 7) is 2.40. The van der Waals surface area contributed by atoms with Gasteiger partial charge in [0.25, 0.3) is 5.56 Å². The molecule has 4 rings (SSSR count). The summed E-state index contributed by atoms with van der Waals surface area (Å²) < 4.78 is 3.67. The smallest absolute Gasteiger partial charge is 0.259 e. The molecular weight excluding hydrogens is 409 g/mol. The molecule has 0 atom stereocenters. The van der Waals surface area contributed by atoms with E-state index in [1.165, 1.54) is 0 Å². The lowest BCUT2D eigenvalue weighted by atomic mass is 10.0. The van der Waals surface area contributed by atoms with Crippen LogP contribution < -0.4 is 5.56 Å². The van der Waals surface area contributed by atoms with Crippen LogP contribution in [0.25, 0.3) is 33.1 Å². The van der Waals surface area contributed by atoms with Crippen LogP contribution in [-0.4, -0.2) is 22.0 Å². The van der Waals surface area contributed by atoms with Gasteiger partial charge < -0.3 is 9.40 Å². The highest BCUT2D eigenvalue weighted by Gasteiger charge is 2.17. The van der Waals surface area contributed by atoms with E-state index in [2.05, 4.69) is 5.16 Å². The van der Waals surface area contributed by atoms with Gasteiger partial charge in [-0.3, -0.25) is 9.36 Å². The molecule has 0 aliphatic heterocycles. The number of halogens is 2. The summed E-state index contributed by atoms with van der Waals surface area (Å²) in [6.07, 6.45) is 1.68. The summed E-state index contributed by atoms with van der Waals surface area (Å²) in [7, 11) is 3.72. The zero-order chi connectivity index (χ0) is 20.7. The molecule has 0 N–H and O–H groups in total. The molecule has 5 nitrogen and oxygen atoms in total. The summed E-state index contributed by atoms with van der Waals surface area (Å²) in [5, 5.41) is 6.90. The molecule has 0 saturated carbocycles. The van der Waals surface area contributed by atoms with E-state index in [4.69, 9.17) is 28.0 Å². The van der Waals surface area contributed by atoms with Gasteiger partial charge in [0.2, 0.25) is 0 Å². The summed E-state index contributed by atoms with van der Waals surface area (Å²) >= 11 is 12.4. The van der Waals surface area contributed by atoms with Gasteiger partial charge in [0, 0.05) is 41.0 Å². The fourth-order valence-corrected chi connectivity index (χ4v) is 4.17. The molecule has 2 aromatic heterocycles. The molecule has 0 bridgehead atoms. The number of aryl methyl sites for hydroxylation is 2. The number of fused-ring (bicyclic) bond motifs is 3. The third-order valence-electron chi connectivity index (χ3n) is 5.00. The summed E-state index contributed by atoms with van der Waals surface area (Å²) in [4.78, 5) is 18.2.